The number of carbonyl (C=O) groups is 4. The number of aldehydes is 1. The van der Waals surface area contributed by atoms with Gasteiger partial charge in [-0.25, -0.2) is 0 Å². The van der Waals surface area contributed by atoms with Crippen LogP contribution in [0.4, 0.5) is 0 Å². The van der Waals surface area contributed by atoms with Crippen molar-refractivity contribution in [2.45, 2.75) is 45.3 Å². The van der Waals surface area contributed by atoms with Crippen LogP contribution in [0.25, 0.3) is 0 Å². The van der Waals surface area contributed by atoms with Crippen LogP contribution in [0.15, 0.2) is 42.5 Å². The van der Waals surface area contributed by atoms with Gasteiger partial charge in [-0.15, -0.1) is 0 Å². The Hall–Kier alpha value is -3.48. The Morgan fingerprint density at radius 1 is 1.23 bits per heavy atom. The van der Waals surface area contributed by atoms with Gasteiger partial charge in [0.15, 0.2) is 0 Å². The molecule has 2 aromatic rings. The van der Waals surface area contributed by atoms with Crippen molar-refractivity contribution in [2.24, 2.45) is 5.73 Å². The van der Waals surface area contributed by atoms with E-state index < -0.39 is 11.9 Å². The molecular formula is C24H27N3O4. The minimum absolute atomic E-state index is 0.0228. The van der Waals surface area contributed by atoms with E-state index >= 15 is 0 Å². The maximum atomic E-state index is 12.9. The summed E-state index contributed by atoms with van der Waals surface area (Å²) in [6, 6.07) is 12.4. The molecular weight excluding hydrogens is 394 g/mol. The predicted molar refractivity (Wildman–Crippen MR) is 116 cm³/mol. The normalized spacial score (nSPS) is 13.6. The first-order chi connectivity index (χ1) is 14.8. The number of primary amides is 1. The third-order valence-corrected chi connectivity index (χ3v) is 5.63. The summed E-state index contributed by atoms with van der Waals surface area (Å²) in [6.07, 6.45) is 1.36. The summed E-state index contributed by atoms with van der Waals surface area (Å²) in [5.74, 6) is -0.930. The lowest BCUT2D eigenvalue weighted by atomic mass is 10.0. The highest BCUT2D eigenvalue weighted by atomic mass is 16.2. The first-order valence-corrected chi connectivity index (χ1v) is 10.3. The number of fused-ring (bicyclic) bond motifs is 1. The van der Waals surface area contributed by atoms with Crippen molar-refractivity contribution in [3.8, 4) is 0 Å². The third kappa shape index (κ3) is 4.99. The lowest BCUT2D eigenvalue weighted by Crippen LogP contribution is -2.44. The summed E-state index contributed by atoms with van der Waals surface area (Å²) in [4.78, 5) is 51.3. The third-order valence-electron chi connectivity index (χ3n) is 5.63. The Balaban J connectivity index is 1.76. The zero-order chi connectivity index (χ0) is 22.5. The molecule has 0 saturated carbocycles. The van der Waals surface area contributed by atoms with Crippen molar-refractivity contribution in [1.82, 2.24) is 9.80 Å². The Labute approximate surface area is 181 Å². The van der Waals surface area contributed by atoms with E-state index in [0.717, 1.165) is 22.3 Å². The van der Waals surface area contributed by atoms with Gasteiger partial charge in [-0.2, -0.15) is 0 Å². The maximum absolute atomic E-state index is 12.9. The van der Waals surface area contributed by atoms with E-state index in [0.29, 0.717) is 24.8 Å². The highest BCUT2D eigenvalue weighted by Gasteiger charge is 2.36. The van der Waals surface area contributed by atoms with Crippen LogP contribution in [-0.2, 0) is 33.9 Å². The van der Waals surface area contributed by atoms with E-state index in [9.17, 15) is 19.2 Å². The van der Waals surface area contributed by atoms with E-state index in [2.05, 4.69) is 0 Å². The van der Waals surface area contributed by atoms with Crippen LogP contribution >= 0.6 is 0 Å². The second-order valence-electron chi connectivity index (χ2n) is 7.95. The molecule has 3 amide bonds. The molecule has 0 aromatic heterocycles. The fraction of sp³-hybridized carbons (Fsp3) is 0.333. The lowest BCUT2D eigenvalue weighted by molar-refractivity contribution is -0.129. The number of benzene rings is 2. The van der Waals surface area contributed by atoms with Crippen molar-refractivity contribution >= 4 is 24.0 Å². The first-order valence-electron chi connectivity index (χ1n) is 10.3. The van der Waals surface area contributed by atoms with Gasteiger partial charge < -0.3 is 20.3 Å². The summed E-state index contributed by atoms with van der Waals surface area (Å²) in [5, 5.41) is 0. The van der Waals surface area contributed by atoms with Crippen molar-refractivity contribution in [2.75, 3.05) is 7.05 Å². The Morgan fingerprint density at radius 2 is 1.97 bits per heavy atom. The average molecular weight is 421 g/mol. The second-order valence-corrected chi connectivity index (χ2v) is 7.95. The summed E-state index contributed by atoms with van der Waals surface area (Å²) in [7, 11) is 1.74. The van der Waals surface area contributed by atoms with Gasteiger partial charge >= 0.3 is 0 Å². The molecule has 0 spiro atoms. The fourth-order valence-corrected chi connectivity index (χ4v) is 3.97. The van der Waals surface area contributed by atoms with Crippen LogP contribution in [0.2, 0.25) is 0 Å². The quantitative estimate of drug-likeness (QED) is 0.626. The van der Waals surface area contributed by atoms with Gasteiger partial charge in [0.05, 0.1) is 6.42 Å². The van der Waals surface area contributed by atoms with Gasteiger partial charge in [0, 0.05) is 32.1 Å². The van der Waals surface area contributed by atoms with Crippen LogP contribution in [0.1, 0.15) is 45.5 Å². The van der Waals surface area contributed by atoms with Crippen molar-refractivity contribution in [1.29, 1.82) is 0 Å². The predicted octanol–water partition coefficient (Wildman–Crippen LogP) is 1.98. The molecule has 0 saturated heterocycles. The molecule has 1 aliphatic heterocycles. The lowest BCUT2D eigenvalue weighted by Gasteiger charge is -2.24. The van der Waals surface area contributed by atoms with E-state index in [-0.39, 0.29) is 31.2 Å². The smallest absolute Gasteiger partial charge is 0.255 e. The fourth-order valence-electron chi connectivity index (χ4n) is 3.97. The summed E-state index contributed by atoms with van der Waals surface area (Å²) >= 11 is 0. The molecule has 2 N–H and O–H groups in total. The number of nitrogens with two attached hydrogens (primary N) is 1. The molecule has 162 valence electrons. The Morgan fingerprint density at radius 3 is 2.65 bits per heavy atom. The molecule has 1 aliphatic rings. The zero-order valence-corrected chi connectivity index (χ0v) is 17.8. The van der Waals surface area contributed by atoms with Gasteiger partial charge in [0.25, 0.3) is 5.91 Å². The van der Waals surface area contributed by atoms with Gasteiger partial charge in [0.2, 0.25) is 11.8 Å². The van der Waals surface area contributed by atoms with E-state index in [1.807, 2.05) is 37.3 Å². The van der Waals surface area contributed by atoms with Gasteiger partial charge in [0.1, 0.15) is 12.3 Å². The topological polar surface area (TPSA) is 101 Å². The van der Waals surface area contributed by atoms with Crippen LogP contribution in [0.3, 0.4) is 0 Å². The van der Waals surface area contributed by atoms with Gasteiger partial charge in [-0.1, -0.05) is 42.0 Å². The number of nitrogens with zero attached hydrogens (tertiary/aromatic N) is 2. The number of aryl methyl sites for hydroxylation is 1. The van der Waals surface area contributed by atoms with Crippen molar-refractivity contribution in [3.63, 3.8) is 0 Å². The molecule has 3 rings (SSSR count). The number of hydrogen-bond acceptors (Lipinski definition) is 4. The van der Waals surface area contributed by atoms with Gasteiger partial charge in [-0.3, -0.25) is 14.4 Å². The SMILES string of the molecule is Cc1cccc(CC(=O)N(C)Cc2cccc3c2CN(C(CCC=O)C(N)=O)C3=O)c1. The largest absolute Gasteiger partial charge is 0.368 e. The second kappa shape index (κ2) is 9.55. The molecule has 0 aliphatic carbocycles. The number of likely N-dealkylation sites (N-methyl/N-ethyl adjacent to an activating group) is 1. The van der Waals surface area contributed by atoms with Gasteiger partial charge in [-0.05, 0) is 36.1 Å². The molecule has 7 nitrogen and oxygen atoms in total. The van der Waals surface area contributed by atoms with Crippen molar-refractivity contribution < 1.29 is 19.2 Å². The highest BCUT2D eigenvalue weighted by molar-refractivity contribution is 6.01. The van der Waals surface area contributed by atoms with Crippen LogP contribution < -0.4 is 5.73 Å². The summed E-state index contributed by atoms with van der Waals surface area (Å²) in [6.45, 7) is 2.57. The zero-order valence-electron chi connectivity index (χ0n) is 17.8. The Kier molecular flexibility index (Phi) is 6.84. The molecule has 1 unspecified atom stereocenters. The average Bonchev–Trinajstić information content (AvgIpc) is 3.05. The van der Waals surface area contributed by atoms with E-state index in [4.69, 9.17) is 5.73 Å². The monoisotopic (exact) mass is 421 g/mol. The van der Waals surface area contributed by atoms with Crippen LogP contribution in [0.5, 0.6) is 0 Å². The van der Waals surface area contributed by atoms with Crippen LogP contribution in [-0.4, -0.2) is 46.9 Å². The molecule has 0 fully saturated rings. The minimum atomic E-state index is -0.835. The van der Waals surface area contributed by atoms with Crippen molar-refractivity contribution in [3.05, 3.63) is 70.3 Å². The van der Waals surface area contributed by atoms with Crippen LogP contribution in [0, 0.1) is 6.92 Å². The molecule has 1 heterocycles. The molecule has 31 heavy (non-hydrogen) atoms. The number of rotatable bonds is 9. The Bertz CT molecular complexity index is 1020. The summed E-state index contributed by atoms with van der Waals surface area (Å²) < 4.78 is 0. The highest BCUT2D eigenvalue weighted by Crippen LogP contribution is 2.29. The maximum Gasteiger partial charge on any atom is 0.255 e. The number of carbonyl (C=O) groups excluding carboxylic acids is 4. The molecule has 7 heteroatoms. The van der Waals surface area contributed by atoms with E-state index in [1.54, 1.807) is 24.1 Å². The van der Waals surface area contributed by atoms with E-state index in [1.165, 1.54) is 4.90 Å². The molecule has 1 atom stereocenters. The molecule has 2 aromatic carbocycles. The summed E-state index contributed by atoms with van der Waals surface area (Å²) in [5.41, 5.74) is 9.71. The molecule has 0 radical (unpaired) electrons. The number of hydrogen-bond donors (Lipinski definition) is 1. The molecule has 0 bridgehead atoms. The number of amides is 3. The standard InChI is InChI=1S/C24H27N3O4/c1-16-6-3-7-17(12-16)13-22(29)26(2)14-18-8-4-9-19-20(18)15-27(24(19)31)21(23(25)30)10-5-11-28/h3-4,6-9,11-12,21H,5,10,13-15H2,1-2H3,(H2,25,30). The first kappa shape index (κ1) is 22.2. The minimum Gasteiger partial charge on any atom is -0.368 e.